The second-order valence-corrected chi connectivity index (χ2v) is 9.82. The molecule has 0 aliphatic carbocycles. The van der Waals surface area contributed by atoms with E-state index >= 15 is 0 Å². The van der Waals surface area contributed by atoms with Gasteiger partial charge >= 0.3 is 25.4 Å². The van der Waals surface area contributed by atoms with Crippen LogP contribution in [0.4, 0.5) is 0 Å². The average Bonchev–Trinajstić information content (AvgIpc) is 3.32. The number of hydrogen-bond acceptors (Lipinski definition) is 9. The molecule has 0 amide bonds. The van der Waals surface area contributed by atoms with Crippen LogP contribution >= 0.6 is 7.75 Å². The van der Waals surface area contributed by atoms with Crippen LogP contribution in [0.3, 0.4) is 0 Å². The Morgan fingerprint density at radius 3 is 2.58 bits per heavy atom. The largest absolute Gasteiger partial charge is 0.481 e. The Balaban J connectivity index is 1.80. The molecule has 0 saturated heterocycles. The predicted octanol–water partition coefficient (Wildman–Crippen LogP) is 1.45. The number of ether oxygens (including phenoxy) is 2. The minimum atomic E-state index is -4.34. The molecule has 0 spiro atoms. The Morgan fingerprint density at radius 2 is 1.94 bits per heavy atom. The fraction of sp³-hybridized carbons (Fsp3) is 0.364. The summed E-state index contributed by atoms with van der Waals surface area (Å²) in [6.07, 6.45) is 2.12. The maximum atomic E-state index is 13.9. The van der Waals surface area contributed by atoms with Crippen LogP contribution < -0.4 is 15.8 Å². The first kappa shape index (κ1) is 27.1. The van der Waals surface area contributed by atoms with Crippen LogP contribution in [0.2, 0.25) is 0 Å². The first-order valence-corrected chi connectivity index (χ1v) is 12.2. The first-order valence-electron chi connectivity index (χ1n) is 10.7. The van der Waals surface area contributed by atoms with Crippen molar-refractivity contribution >= 4 is 19.7 Å². The van der Waals surface area contributed by atoms with Crippen LogP contribution in [0.1, 0.15) is 18.2 Å². The van der Waals surface area contributed by atoms with Gasteiger partial charge in [-0.05, 0) is 32.2 Å². The van der Waals surface area contributed by atoms with Crippen molar-refractivity contribution in [1.29, 1.82) is 0 Å². The van der Waals surface area contributed by atoms with E-state index in [0.29, 0.717) is 5.56 Å². The number of benzene rings is 1. The molecule has 4 atom stereocenters. The Bertz CT molecular complexity index is 1290. The Hall–Kier alpha value is -3.51. The molecule has 14 heteroatoms. The van der Waals surface area contributed by atoms with Crippen molar-refractivity contribution in [2.45, 2.75) is 31.7 Å². The summed E-state index contributed by atoms with van der Waals surface area (Å²) in [7, 11) is -2.04. The van der Waals surface area contributed by atoms with Gasteiger partial charge in [-0.25, -0.2) is 9.36 Å². The quantitative estimate of drug-likeness (QED) is 0.249. The molecule has 1 unspecified atom stereocenters. The van der Waals surface area contributed by atoms with Crippen molar-refractivity contribution < 1.29 is 37.8 Å². The third-order valence-corrected chi connectivity index (χ3v) is 7.24. The molecule has 2 aromatic rings. The molecule has 36 heavy (non-hydrogen) atoms. The summed E-state index contributed by atoms with van der Waals surface area (Å²) >= 11 is 0. The van der Waals surface area contributed by atoms with Gasteiger partial charge < -0.3 is 19.1 Å². The number of carboxylic acids is 1. The number of rotatable bonds is 11. The van der Waals surface area contributed by atoms with Crippen LogP contribution in [0, 0.1) is 6.92 Å². The van der Waals surface area contributed by atoms with E-state index in [0.717, 1.165) is 11.8 Å². The van der Waals surface area contributed by atoms with E-state index in [1.54, 1.807) is 30.4 Å². The summed E-state index contributed by atoms with van der Waals surface area (Å²) < 4.78 is 37.7. The molecule has 1 aliphatic rings. The lowest BCUT2D eigenvalue weighted by Gasteiger charge is -2.31. The van der Waals surface area contributed by atoms with Gasteiger partial charge in [0.25, 0.3) is 5.56 Å². The number of hydrogen-bond donors (Lipinski definition) is 2. The third kappa shape index (κ3) is 6.38. The number of carbonyl (C=O) groups excluding carboxylic acids is 1. The van der Waals surface area contributed by atoms with E-state index in [1.807, 2.05) is 0 Å². The summed E-state index contributed by atoms with van der Waals surface area (Å²) in [4.78, 5) is 49.6. The van der Waals surface area contributed by atoms with Crippen molar-refractivity contribution in [2.24, 2.45) is 0 Å². The number of H-pyrrole nitrogens is 1. The summed E-state index contributed by atoms with van der Waals surface area (Å²) in [5, 5.41) is 9.25. The molecule has 0 fully saturated rings. The highest BCUT2D eigenvalue weighted by molar-refractivity contribution is 7.51. The third-order valence-electron chi connectivity index (χ3n) is 5.27. The number of carboxylic acid groups (broad SMARTS) is 1. The van der Waals surface area contributed by atoms with E-state index in [1.165, 1.54) is 36.9 Å². The van der Waals surface area contributed by atoms with Crippen molar-refractivity contribution in [3.63, 3.8) is 0 Å². The number of aromatic nitrogens is 2. The minimum absolute atomic E-state index is 0.155. The number of likely N-dealkylation sites (N-methyl/N-ethyl adjacent to an activating group) is 1. The van der Waals surface area contributed by atoms with Crippen LogP contribution in [-0.4, -0.2) is 64.2 Å². The number of nitrogens with one attached hydrogen (secondary N) is 1. The normalized spacial score (nSPS) is 19.6. The molecule has 0 bridgehead atoms. The minimum Gasteiger partial charge on any atom is -0.481 e. The Kier molecular flexibility index (Phi) is 8.64. The van der Waals surface area contributed by atoms with Gasteiger partial charge in [-0.2, -0.15) is 4.67 Å². The molecule has 1 aromatic carbocycles. The van der Waals surface area contributed by atoms with E-state index in [4.69, 9.17) is 13.8 Å². The molecule has 194 valence electrons. The van der Waals surface area contributed by atoms with Gasteiger partial charge in [-0.1, -0.05) is 24.3 Å². The molecular formula is C22H26N3O10P. The van der Waals surface area contributed by atoms with E-state index < -0.39 is 55.7 Å². The monoisotopic (exact) mass is 523 g/mol. The van der Waals surface area contributed by atoms with Crippen LogP contribution in [0.15, 0.2) is 58.3 Å². The standard InChI is InChI=1S/C22H26N3O10P/c1-14-12-25(22(30)23-20(14)28)18-10-9-16(34-18)13-33-36(31,35-15-7-5-4-6-8-15)24(2)17(11-19(26)27)21(29)32-3/h4-10,12,16-18H,11,13H2,1-3H3,(H,26,27)(H,23,28,30)/t16-,17-,18+,36?/m0/s1. The maximum Gasteiger partial charge on any atom is 0.462 e. The number of para-hydroxylation sites is 1. The van der Waals surface area contributed by atoms with Gasteiger partial charge in [0.15, 0.2) is 6.23 Å². The van der Waals surface area contributed by atoms with Gasteiger partial charge in [0.2, 0.25) is 0 Å². The highest BCUT2D eigenvalue weighted by Gasteiger charge is 2.43. The predicted molar refractivity (Wildman–Crippen MR) is 126 cm³/mol. The maximum absolute atomic E-state index is 13.9. The Labute approximate surface area is 205 Å². The molecule has 13 nitrogen and oxygen atoms in total. The van der Waals surface area contributed by atoms with Crippen molar-refractivity contribution in [3.05, 3.63) is 75.1 Å². The van der Waals surface area contributed by atoms with Crippen LogP contribution in [-0.2, 0) is 28.2 Å². The van der Waals surface area contributed by atoms with Crippen LogP contribution in [0.5, 0.6) is 5.75 Å². The fourth-order valence-corrected chi connectivity index (χ4v) is 4.93. The Morgan fingerprint density at radius 1 is 1.25 bits per heavy atom. The lowest BCUT2D eigenvalue weighted by Crippen LogP contribution is -2.40. The lowest BCUT2D eigenvalue weighted by atomic mass is 10.2. The first-order chi connectivity index (χ1) is 17.0. The molecule has 1 aromatic heterocycles. The summed E-state index contributed by atoms with van der Waals surface area (Å²) in [5.41, 5.74) is -0.878. The molecule has 2 heterocycles. The van der Waals surface area contributed by atoms with Gasteiger partial charge in [0, 0.05) is 11.8 Å². The number of aryl methyl sites for hydroxylation is 1. The smallest absolute Gasteiger partial charge is 0.462 e. The zero-order valence-corrected chi connectivity index (χ0v) is 20.6. The van der Waals surface area contributed by atoms with Crippen molar-refractivity contribution in [1.82, 2.24) is 14.2 Å². The summed E-state index contributed by atoms with van der Waals surface area (Å²) in [5.74, 6) is -2.11. The number of aliphatic carboxylic acids is 1. The molecule has 2 N–H and O–H groups in total. The molecule has 0 radical (unpaired) electrons. The molecule has 3 rings (SSSR count). The highest BCUT2D eigenvalue weighted by Crippen LogP contribution is 2.53. The van der Waals surface area contributed by atoms with Gasteiger partial charge in [0.05, 0.1) is 20.1 Å². The molecule has 1 aliphatic heterocycles. The van der Waals surface area contributed by atoms with E-state index in [9.17, 15) is 28.8 Å². The number of esters is 1. The topological polar surface area (TPSA) is 166 Å². The van der Waals surface area contributed by atoms with E-state index in [-0.39, 0.29) is 12.4 Å². The highest BCUT2D eigenvalue weighted by atomic mass is 31.2. The second-order valence-electron chi connectivity index (χ2n) is 7.81. The second kappa shape index (κ2) is 11.5. The molecule has 0 saturated carbocycles. The average molecular weight is 523 g/mol. The van der Waals surface area contributed by atoms with Crippen molar-refractivity contribution in [3.8, 4) is 5.75 Å². The van der Waals surface area contributed by atoms with Crippen LogP contribution in [0.25, 0.3) is 0 Å². The summed E-state index contributed by atoms with van der Waals surface area (Å²) in [6.45, 7) is 1.20. The number of aromatic amines is 1. The fourth-order valence-electron chi connectivity index (χ4n) is 3.32. The SMILES string of the molecule is COC(=O)[C@H](CC(=O)O)N(C)P(=O)(OC[C@@H]1C=C[C@H](n2cc(C)c(=O)[nH]c2=O)O1)Oc1ccccc1. The van der Waals surface area contributed by atoms with Gasteiger partial charge in [-0.15, -0.1) is 0 Å². The number of carbonyl (C=O) groups is 2. The zero-order valence-electron chi connectivity index (χ0n) is 19.7. The van der Waals surface area contributed by atoms with Gasteiger partial charge in [0.1, 0.15) is 17.9 Å². The zero-order chi connectivity index (χ0) is 26.5. The summed E-state index contributed by atoms with van der Waals surface area (Å²) in [6, 6.07) is 6.53. The van der Waals surface area contributed by atoms with Gasteiger partial charge in [-0.3, -0.25) is 28.5 Å². The number of nitrogens with zero attached hydrogens (tertiary/aromatic N) is 2. The van der Waals surface area contributed by atoms with E-state index in [2.05, 4.69) is 9.72 Å². The van der Waals surface area contributed by atoms with Crippen molar-refractivity contribution in [2.75, 3.05) is 20.8 Å². The number of methoxy groups -OCH3 is 1. The molecular weight excluding hydrogens is 497 g/mol. The lowest BCUT2D eigenvalue weighted by molar-refractivity contribution is -0.150.